The Morgan fingerprint density at radius 1 is 1.06 bits per heavy atom. The van der Waals surface area contributed by atoms with Gasteiger partial charge in [0.25, 0.3) is 0 Å². The predicted molar refractivity (Wildman–Crippen MR) is 68.2 cm³/mol. The molecule has 0 atom stereocenters. The molecule has 0 unspecified atom stereocenters. The van der Waals surface area contributed by atoms with Crippen molar-refractivity contribution >= 4 is 5.91 Å². The van der Waals surface area contributed by atoms with Gasteiger partial charge < -0.3 is 5.32 Å². The summed E-state index contributed by atoms with van der Waals surface area (Å²) in [6.07, 6.45) is 2.08. The van der Waals surface area contributed by atoms with E-state index in [4.69, 9.17) is 0 Å². The van der Waals surface area contributed by atoms with Gasteiger partial charge in [-0.2, -0.15) is 0 Å². The van der Waals surface area contributed by atoms with E-state index >= 15 is 0 Å². The van der Waals surface area contributed by atoms with Crippen LogP contribution in [0.15, 0.2) is 0 Å². The van der Waals surface area contributed by atoms with Crippen LogP contribution in [0.5, 0.6) is 0 Å². The van der Waals surface area contributed by atoms with E-state index in [0.29, 0.717) is 0 Å². The molecule has 2 nitrogen and oxygen atoms in total. The zero-order valence-electron chi connectivity index (χ0n) is 11.9. The largest absolute Gasteiger partial charge is 0.352 e. The number of carbonyl (C=O) groups excluding carboxylic acids is 1. The van der Waals surface area contributed by atoms with Gasteiger partial charge in [-0.15, -0.1) is 0 Å². The van der Waals surface area contributed by atoms with Gasteiger partial charge in [0.2, 0.25) is 5.91 Å². The molecule has 1 aliphatic rings. The molecule has 1 saturated carbocycles. The first kappa shape index (κ1) is 13.5. The lowest BCUT2D eigenvalue weighted by molar-refractivity contribution is -0.128. The highest BCUT2D eigenvalue weighted by Crippen LogP contribution is 2.46. The van der Waals surface area contributed by atoms with Crippen LogP contribution in [-0.2, 0) is 4.79 Å². The summed E-state index contributed by atoms with van der Waals surface area (Å²) >= 11 is 0. The lowest BCUT2D eigenvalue weighted by Crippen LogP contribution is -2.53. The Kier molecular flexibility index (Phi) is 3.17. The van der Waals surface area contributed by atoms with Crippen molar-refractivity contribution in [1.82, 2.24) is 5.32 Å². The third kappa shape index (κ3) is 2.99. The second-order valence-electron chi connectivity index (χ2n) is 7.70. The zero-order chi connectivity index (χ0) is 12.8. The first-order valence-corrected chi connectivity index (χ1v) is 6.28. The number of rotatable bonds is 2. The summed E-state index contributed by atoms with van der Waals surface area (Å²) in [7, 11) is 0. The first-order chi connectivity index (χ1) is 6.97. The van der Waals surface area contributed by atoms with Crippen molar-refractivity contribution in [2.75, 3.05) is 0 Å². The number of amides is 1. The second-order valence-corrected chi connectivity index (χ2v) is 7.70. The molecule has 0 aromatic carbocycles. The highest BCUT2D eigenvalue weighted by Gasteiger charge is 2.47. The quantitative estimate of drug-likeness (QED) is 0.767. The maximum Gasteiger partial charge on any atom is 0.226 e. The molecule has 0 radical (unpaired) electrons. The van der Waals surface area contributed by atoms with Gasteiger partial charge in [-0.3, -0.25) is 4.79 Å². The maximum absolute atomic E-state index is 12.1. The number of nitrogens with one attached hydrogen (secondary N) is 1. The Bertz CT molecular complexity index is 262. The summed E-state index contributed by atoms with van der Waals surface area (Å²) in [5.41, 5.74) is 0.118. The summed E-state index contributed by atoms with van der Waals surface area (Å²) in [6, 6.07) is 0.213. The van der Waals surface area contributed by atoms with Gasteiger partial charge in [0, 0.05) is 11.5 Å². The summed E-state index contributed by atoms with van der Waals surface area (Å²) < 4.78 is 0. The molecular formula is C14H27NO. The fourth-order valence-corrected chi connectivity index (χ4v) is 2.45. The van der Waals surface area contributed by atoms with Crippen LogP contribution in [0.3, 0.4) is 0 Å². The van der Waals surface area contributed by atoms with E-state index in [2.05, 4.69) is 53.8 Å². The first-order valence-electron chi connectivity index (χ1n) is 6.28. The molecule has 0 bridgehead atoms. The third-order valence-corrected chi connectivity index (χ3v) is 3.56. The predicted octanol–water partition coefficient (Wildman–Crippen LogP) is 3.36. The minimum atomic E-state index is -0.0747. The molecular weight excluding hydrogens is 198 g/mol. The van der Waals surface area contributed by atoms with Crippen LogP contribution in [0.25, 0.3) is 0 Å². The standard InChI is InChI=1S/C14H27NO/c1-12(2,3)10(13(4,5)6)15-11(16)14(7)8-9-14/h10H,8-9H2,1-7H3,(H,15,16). The van der Waals surface area contributed by atoms with Gasteiger partial charge in [0.1, 0.15) is 0 Å². The summed E-state index contributed by atoms with van der Waals surface area (Å²) in [4.78, 5) is 12.1. The van der Waals surface area contributed by atoms with Gasteiger partial charge >= 0.3 is 0 Å². The molecule has 94 valence electrons. The van der Waals surface area contributed by atoms with E-state index in [1.807, 2.05) is 0 Å². The van der Waals surface area contributed by atoms with Crippen LogP contribution in [0.1, 0.15) is 61.3 Å². The molecule has 0 aliphatic heterocycles. The zero-order valence-corrected chi connectivity index (χ0v) is 11.9. The Hall–Kier alpha value is -0.530. The van der Waals surface area contributed by atoms with Crippen molar-refractivity contribution in [3.05, 3.63) is 0 Å². The van der Waals surface area contributed by atoms with E-state index in [0.717, 1.165) is 12.8 Å². The summed E-state index contributed by atoms with van der Waals surface area (Å²) in [6.45, 7) is 15.2. The summed E-state index contributed by atoms with van der Waals surface area (Å²) in [5.74, 6) is 0.238. The van der Waals surface area contributed by atoms with Crippen molar-refractivity contribution < 1.29 is 4.79 Å². The van der Waals surface area contributed by atoms with Crippen molar-refractivity contribution in [2.24, 2.45) is 16.2 Å². The van der Waals surface area contributed by atoms with Crippen molar-refractivity contribution in [2.45, 2.75) is 67.3 Å². The van der Waals surface area contributed by atoms with E-state index < -0.39 is 0 Å². The molecule has 1 aliphatic carbocycles. The fourth-order valence-electron chi connectivity index (χ4n) is 2.45. The summed E-state index contributed by atoms with van der Waals surface area (Å²) in [5, 5.41) is 3.26. The fraction of sp³-hybridized carbons (Fsp3) is 0.929. The minimum absolute atomic E-state index is 0.0747. The van der Waals surface area contributed by atoms with E-state index in [-0.39, 0.29) is 28.2 Å². The molecule has 2 heteroatoms. The Morgan fingerprint density at radius 3 is 1.69 bits per heavy atom. The van der Waals surface area contributed by atoms with Crippen molar-refractivity contribution in [3.8, 4) is 0 Å². The number of hydrogen-bond acceptors (Lipinski definition) is 1. The van der Waals surface area contributed by atoms with Crippen LogP contribution in [-0.4, -0.2) is 11.9 Å². The van der Waals surface area contributed by atoms with Crippen LogP contribution in [0.4, 0.5) is 0 Å². The van der Waals surface area contributed by atoms with Crippen LogP contribution >= 0.6 is 0 Å². The highest BCUT2D eigenvalue weighted by molar-refractivity contribution is 5.85. The Balaban J connectivity index is 2.76. The number of hydrogen-bond donors (Lipinski definition) is 1. The molecule has 1 rings (SSSR count). The van der Waals surface area contributed by atoms with Gasteiger partial charge in [0.05, 0.1) is 0 Å². The van der Waals surface area contributed by atoms with E-state index in [1.165, 1.54) is 0 Å². The molecule has 0 aromatic heterocycles. The van der Waals surface area contributed by atoms with E-state index in [9.17, 15) is 4.79 Å². The smallest absolute Gasteiger partial charge is 0.226 e. The highest BCUT2D eigenvalue weighted by atomic mass is 16.2. The molecule has 0 heterocycles. The van der Waals surface area contributed by atoms with E-state index in [1.54, 1.807) is 0 Å². The lowest BCUT2D eigenvalue weighted by atomic mass is 9.72. The van der Waals surface area contributed by atoms with Gasteiger partial charge in [0.15, 0.2) is 0 Å². The minimum Gasteiger partial charge on any atom is -0.352 e. The normalized spacial score (nSPS) is 19.8. The van der Waals surface area contributed by atoms with Crippen LogP contribution in [0, 0.1) is 16.2 Å². The topological polar surface area (TPSA) is 29.1 Å². The Morgan fingerprint density at radius 2 is 1.44 bits per heavy atom. The third-order valence-electron chi connectivity index (χ3n) is 3.56. The number of carbonyl (C=O) groups is 1. The second kappa shape index (κ2) is 3.75. The molecule has 16 heavy (non-hydrogen) atoms. The monoisotopic (exact) mass is 225 g/mol. The molecule has 1 N–H and O–H groups in total. The average Bonchev–Trinajstić information content (AvgIpc) is 2.75. The molecule has 0 spiro atoms. The molecule has 1 fully saturated rings. The molecule has 0 saturated heterocycles. The van der Waals surface area contributed by atoms with Gasteiger partial charge in [-0.1, -0.05) is 48.5 Å². The maximum atomic E-state index is 12.1. The average molecular weight is 225 g/mol. The van der Waals surface area contributed by atoms with Gasteiger partial charge in [-0.25, -0.2) is 0 Å². The van der Waals surface area contributed by atoms with Crippen LogP contribution < -0.4 is 5.32 Å². The van der Waals surface area contributed by atoms with Crippen molar-refractivity contribution in [3.63, 3.8) is 0 Å². The SMILES string of the molecule is CC1(C(=O)NC(C(C)(C)C)C(C)(C)C)CC1. The van der Waals surface area contributed by atoms with Crippen LogP contribution in [0.2, 0.25) is 0 Å². The van der Waals surface area contributed by atoms with Gasteiger partial charge in [-0.05, 0) is 23.7 Å². The lowest BCUT2D eigenvalue weighted by Gasteiger charge is -2.41. The molecule has 0 aromatic rings. The molecule has 1 amide bonds. The Labute approximate surface area is 100 Å². The van der Waals surface area contributed by atoms with Crippen molar-refractivity contribution in [1.29, 1.82) is 0 Å².